The maximum Gasteiger partial charge on any atom is 0.192 e. The Morgan fingerprint density at radius 1 is 0.941 bits per heavy atom. The molecule has 34 heavy (non-hydrogen) atoms. The highest BCUT2D eigenvalue weighted by Crippen LogP contribution is 2.69. The van der Waals surface area contributed by atoms with Crippen molar-refractivity contribution in [2.45, 2.75) is 124 Å². The number of allylic oxidation sites excluding steroid dienone is 2. The highest BCUT2D eigenvalue weighted by atomic mass is 28.4. The zero-order valence-corrected chi connectivity index (χ0v) is 24.8. The summed E-state index contributed by atoms with van der Waals surface area (Å²) in [6, 6.07) is 0. The Hall–Kier alpha value is -0.413. The molecule has 4 aliphatic carbocycles. The van der Waals surface area contributed by atoms with Gasteiger partial charge in [0.25, 0.3) is 0 Å². The van der Waals surface area contributed by atoms with Crippen LogP contribution in [0.3, 0.4) is 0 Å². The van der Waals surface area contributed by atoms with Crippen molar-refractivity contribution in [1.29, 1.82) is 0 Å². The largest absolute Gasteiger partial charge is 0.414 e. The zero-order valence-electron chi connectivity index (χ0n) is 23.8. The molecule has 4 aliphatic rings. The number of aldehydes is 1. The third kappa shape index (κ3) is 4.33. The molecular weight excluding hydrogens is 432 g/mol. The Balaban J connectivity index is 1.66. The molecule has 0 heterocycles. The molecule has 4 fully saturated rings. The SMILES string of the molecule is C[C@@H]1CC[C@]2(C)C3CC[C@@]4(C)C(CC[C@@H]4[C@H](C)/C=C/C=O)C3C[C@H](O[Si](C)(C)C(C)(C)C)[C@@H]2C1. The molecular formula is C31H54O2Si. The van der Waals surface area contributed by atoms with Crippen molar-refractivity contribution < 1.29 is 9.22 Å². The van der Waals surface area contributed by atoms with Crippen molar-refractivity contribution in [3.05, 3.63) is 12.2 Å². The average molecular weight is 487 g/mol. The Bertz CT molecular complexity index is 781. The van der Waals surface area contributed by atoms with Gasteiger partial charge in [-0.15, -0.1) is 0 Å². The molecule has 0 saturated heterocycles. The fraction of sp³-hybridized carbons (Fsp3) is 0.903. The fourth-order valence-electron chi connectivity index (χ4n) is 9.41. The molecule has 0 radical (unpaired) electrons. The second-order valence-corrected chi connectivity index (χ2v) is 19.9. The lowest BCUT2D eigenvalue weighted by Crippen LogP contribution is -2.60. The number of carbonyl (C=O) groups is 1. The van der Waals surface area contributed by atoms with Gasteiger partial charge in [0.1, 0.15) is 6.29 Å². The second-order valence-electron chi connectivity index (χ2n) is 15.1. The minimum atomic E-state index is -1.82. The van der Waals surface area contributed by atoms with Crippen LogP contribution in [-0.4, -0.2) is 20.7 Å². The predicted octanol–water partition coefficient (Wildman–Crippen LogP) is 8.67. The van der Waals surface area contributed by atoms with E-state index in [4.69, 9.17) is 4.43 Å². The molecule has 0 aliphatic heterocycles. The van der Waals surface area contributed by atoms with Crippen molar-refractivity contribution in [1.82, 2.24) is 0 Å². The number of hydrogen-bond donors (Lipinski definition) is 0. The van der Waals surface area contributed by atoms with Gasteiger partial charge in [-0.05, 0) is 121 Å². The van der Waals surface area contributed by atoms with Crippen LogP contribution >= 0.6 is 0 Å². The van der Waals surface area contributed by atoms with E-state index in [1.165, 1.54) is 51.4 Å². The van der Waals surface area contributed by atoms with E-state index < -0.39 is 8.32 Å². The first-order valence-electron chi connectivity index (χ1n) is 14.5. The maximum atomic E-state index is 11.0. The summed E-state index contributed by atoms with van der Waals surface area (Å²) in [4.78, 5) is 11.0. The molecule has 194 valence electrons. The second kappa shape index (κ2) is 9.16. The third-order valence-electron chi connectivity index (χ3n) is 12.4. The summed E-state index contributed by atoms with van der Waals surface area (Å²) in [7, 11) is -1.82. The van der Waals surface area contributed by atoms with Gasteiger partial charge in [-0.2, -0.15) is 0 Å². The molecule has 2 nitrogen and oxygen atoms in total. The van der Waals surface area contributed by atoms with Gasteiger partial charge < -0.3 is 4.43 Å². The lowest BCUT2D eigenvalue weighted by molar-refractivity contribution is -0.160. The van der Waals surface area contributed by atoms with E-state index in [2.05, 4.69) is 67.6 Å². The van der Waals surface area contributed by atoms with Gasteiger partial charge in [-0.25, -0.2) is 0 Å². The first kappa shape index (κ1) is 26.6. The number of fused-ring (bicyclic) bond motifs is 5. The summed E-state index contributed by atoms with van der Waals surface area (Å²) in [5.41, 5.74) is 0.866. The highest BCUT2D eigenvalue weighted by molar-refractivity contribution is 6.74. The summed E-state index contributed by atoms with van der Waals surface area (Å²) < 4.78 is 7.37. The first-order chi connectivity index (χ1) is 15.7. The lowest BCUT2D eigenvalue weighted by atomic mass is 9.43. The van der Waals surface area contributed by atoms with Crippen LogP contribution in [0.5, 0.6) is 0 Å². The third-order valence-corrected chi connectivity index (χ3v) is 16.9. The quantitative estimate of drug-likeness (QED) is 0.221. The molecule has 3 heteroatoms. The van der Waals surface area contributed by atoms with Crippen LogP contribution in [0.4, 0.5) is 0 Å². The zero-order chi connectivity index (χ0) is 25.1. The minimum absolute atomic E-state index is 0.264. The topological polar surface area (TPSA) is 26.3 Å². The number of rotatable bonds is 5. The first-order valence-corrected chi connectivity index (χ1v) is 17.4. The van der Waals surface area contributed by atoms with Crippen LogP contribution in [0, 0.1) is 52.3 Å². The summed E-state index contributed by atoms with van der Waals surface area (Å²) in [5, 5.41) is 0.264. The Labute approximate surface area is 212 Å². The number of carbonyl (C=O) groups excluding carboxylic acids is 1. The van der Waals surface area contributed by atoms with Crippen molar-refractivity contribution in [3.8, 4) is 0 Å². The smallest absolute Gasteiger partial charge is 0.192 e. The standard InChI is InChI=1S/C31H54O2Si/c1-21-14-16-31(7)26-15-17-30(6)24(22(2)11-10-18-32)12-13-25(30)23(26)20-28(27(31)19-21)33-34(8,9)29(3,4)5/h10-11,18,21-28H,12-17,19-20H2,1-9H3/b11-10+/t21-,22-,23?,24-,25?,26?,27+,28+,30-,31-/m1/s1. The van der Waals surface area contributed by atoms with E-state index in [9.17, 15) is 4.79 Å². The van der Waals surface area contributed by atoms with Crippen molar-refractivity contribution in [2.24, 2.45) is 52.3 Å². The van der Waals surface area contributed by atoms with Crippen LogP contribution < -0.4 is 0 Å². The molecule has 0 amide bonds. The van der Waals surface area contributed by atoms with Crippen LogP contribution in [-0.2, 0) is 9.22 Å². The number of hydrogen-bond acceptors (Lipinski definition) is 2. The van der Waals surface area contributed by atoms with Crippen LogP contribution in [0.15, 0.2) is 12.2 Å². The van der Waals surface area contributed by atoms with E-state index in [-0.39, 0.29) is 5.04 Å². The normalized spacial score (nSPS) is 46.0. The molecule has 0 aromatic heterocycles. The summed E-state index contributed by atoms with van der Waals surface area (Å²) in [6.07, 6.45) is 16.3. The molecule has 0 aromatic carbocycles. The molecule has 4 saturated carbocycles. The Kier molecular flexibility index (Phi) is 7.18. The molecule has 0 aromatic rings. The van der Waals surface area contributed by atoms with E-state index in [1.807, 2.05) is 0 Å². The summed E-state index contributed by atoms with van der Waals surface area (Å²) in [6.45, 7) is 22.3. The van der Waals surface area contributed by atoms with E-state index >= 15 is 0 Å². The van der Waals surface area contributed by atoms with Gasteiger partial charge >= 0.3 is 0 Å². The Morgan fingerprint density at radius 3 is 2.24 bits per heavy atom. The molecule has 4 rings (SSSR count). The predicted molar refractivity (Wildman–Crippen MR) is 146 cm³/mol. The van der Waals surface area contributed by atoms with Gasteiger partial charge in [0.05, 0.1) is 0 Å². The molecule has 10 atom stereocenters. The van der Waals surface area contributed by atoms with Crippen molar-refractivity contribution >= 4 is 14.6 Å². The summed E-state index contributed by atoms with van der Waals surface area (Å²) >= 11 is 0. The van der Waals surface area contributed by atoms with Crippen LogP contribution in [0.25, 0.3) is 0 Å². The molecule has 0 bridgehead atoms. The van der Waals surface area contributed by atoms with Crippen LogP contribution in [0.1, 0.15) is 99.8 Å². The average Bonchev–Trinajstić information content (AvgIpc) is 3.09. The summed E-state index contributed by atoms with van der Waals surface area (Å²) in [5.74, 6) is 5.31. The fourth-order valence-corrected chi connectivity index (χ4v) is 10.8. The lowest BCUT2D eigenvalue weighted by Gasteiger charge is -2.64. The monoisotopic (exact) mass is 486 g/mol. The molecule has 3 unspecified atom stereocenters. The minimum Gasteiger partial charge on any atom is -0.414 e. The van der Waals surface area contributed by atoms with Gasteiger partial charge in [-0.3, -0.25) is 4.79 Å². The van der Waals surface area contributed by atoms with Crippen molar-refractivity contribution in [3.63, 3.8) is 0 Å². The van der Waals surface area contributed by atoms with Gasteiger partial charge in [0.15, 0.2) is 8.32 Å². The van der Waals surface area contributed by atoms with E-state index in [0.29, 0.717) is 28.8 Å². The molecule has 0 spiro atoms. The van der Waals surface area contributed by atoms with Gasteiger partial charge in [0.2, 0.25) is 0 Å². The maximum absolute atomic E-state index is 11.0. The molecule has 0 N–H and O–H groups in total. The Morgan fingerprint density at radius 2 is 1.59 bits per heavy atom. The van der Waals surface area contributed by atoms with Crippen LogP contribution in [0.2, 0.25) is 18.1 Å². The van der Waals surface area contributed by atoms with Crippen molar-refractivity contribution in [2.75, 3.05) is 0 Å². The highest BCUT2D eigenvalue weighted by Gasteiger charge is 2.63. The van der Waals surface area contributed by atoms with Gasteiger partial charge in [0, 0.05) is 6.10 Å². The van der Waals surface area contributed by atoms with Gasteiger partial charge in [-0.1, -0.05) is 61.0 Å². The van der Waals surface area contributed by atoms with E-state index in [0.717, 1.165) is 35.9 Å². The van der Waals surface area contributed by atoms with E-state index in [1.54, 1.807) is 6.08 Å².